The van der Waals surface area contributed by atoms with Crippen molar-refractivity contribution in [1.82, 2.24) is 9.80 Å². The molecule has 0 radical (unpaired) electrons. The van der Waals surface area contributed by atoms with Crippen molar-refractivity contribution >= 4 is 24.0 Å². The fourth-order valence-corrected chi connectivity index (χ4v) is 4.82. The van der Waals surface area contributed by atoms with Gasteiger partial charge in [0.15, 0.2) is 0 Å². The lowest BCUT2D eigenvalue weighted by Gasteiger charge is -2.32. The lowest BCUT2D eigenvalue weighted by atomic mass is 9.89. The Hall–Kier alpha value is -1.26. The van der Waals surface area contributed by atoms with Gasteiger partial charge in [0.2, 0.25) is 0 Å². The van der Waals surface area contributed by atoms with Gasteiger partial charge in [0.25, 0.3) is 0 Å². The van der Waals surface area contributed by atoms with Crippen LogP contribution < -0.4 is 4.74 Å². The highest BCUT2D eigenvalue weighted by Crippen LogP contribution is 2.29. The fourth-order valence-electron chi connectivity index (χ4n) is 4.70. The predicted octanol–water partition coefficient (Wildman–Crippen LogP) is 5.79. The molecule has 2 aromatic rings. The Morgan fingerprint density at radius 2 is 1.77 bits per heavy atom. The molecule has 2 aliphatic rings. The Balaban J connectivity index is 0.00000256. The molecule has 1 saturated heterocycles. The van der Waals surface area contributed by atoms with Gasteiger partial charge in [-0.2, -0.15) is 0 Å². The zero-order valence-electron chi connectivity index (χ0n) is 18.0. The third-order valence-corrected chi connectivity index (χ3v) is 6.67. The lowest BCUT2D eigenvalue weighted by Crippen LogP contribution is -2.34. The minimum Gasteiger partial charge on any atom is -0.494 e. The zero-order valence-corrected chi connectivity index (χ0v) is 19.6. The van der Waals surface area contributed by atoms with Gasteiger partial charge in [-0.15, -0.1) is 12.4 Å². The molecule has 1 fully saturated rings. The van der Waals surface area contributed by atoms with Crippen molar-refractivity contribution in [3.8, 4) is 5.75 Å². The number of nitrogens with zero attached hydrogens (tertiary/aromatic N) is 2. The highest BCUT2D eigenvalue weighted by molar-refractivity contribution is 6.30. The van der Waals surface area contributed by atoms with E-state index in [0.29, 0.717) is 5.92 Å². The fraction of sp³-hybridized carbons (Fsp3) is 0.520. The number of ether oxygens (including phenoxy) is 1. The van der Waals surface area contributed by atoms with E-state index < -0.39 is 0 Å². The smallest absolute Gasteiger partial charge is 0.119 e. The summed E-state index contributed by atoms with van der Waals surface area (Å²) in [4.78, 5) is 4.99. The molecule has 164 valence electrons. The molecule has 5 heteroatoms. The van der Waals surface area contributed by atoms with Crippen LogP contribution in [-0.2, 0) is 13.0 Å². The molecule has 0 amide bonds. The van der Waals surface area contributed by atoms with Gasteiger partial charge in [0, 0.05) is 18.1 Å². The van der Waals surface area contributed by atoms with Crippen molar-refractivity contribution < 1.29 is 4.74 Å². The molecule has 0 aliphatic carbocycles. The average molecular weight is 449 g/mol. The Bertz CT molecular complexity index is 788. The van der Waals surface area contributed by atoms with Crippen LogP contribution in [-0.4, -0.2) is 49.6 Å². The summed E-state index contributed by atoms with van der Waals surface area (Å²) in [6, 6.07) is 15.1. The van der Waals surface area contributed by atoms with Crippen molar-refractivity contribution in [2.45, 2.75) is 44.6 Å². The Kier molecular flexibility index (Phi) is 8.88. The summed E-state index contributed by atoms with van der Waals surface area (Å²) in [7, 11) is 2.21. The summed E-state index contributed by atoms with van der Waals surface area (Å²) in [6.07, 6.45) is 5.99. The standard InChI is InChI=1S/C25H33ClN2O.ClH/c1-27-13-2-4-20-7-10-25(18-23(20)19-27)29-17-3-14-28-15-11-22(12-16-28)21-5-8-24(26)9-6-21;/h5-10,18,22H,2-4,11-17,19H2,1H3;1H. The molecule has 0 saturated carbocycles. The van der Waals surface area contributed by atoms with Crippen LogP contribution in [0.4, 0.5) is 0 Å². The quantitative estimate of drug-likeness (QED) is 0.520. The van der Waals surface area contributed by atoms with Crippen LogP contribution in [0.3, 0.4) is 0 Å². The van der Waals surface area contributed by atoms with Crippen LogP contribution in [0.2, 0.25) is 5.02 Å². The number of aryl methyl sites for hydroxylation is 1. The maximum Gasteiger partial charge on any atom is 0.119 e. The topological polar surface area (TPSA) is 15.7 Å². The summed E-state index contributed by atoms with van der Waals surface area (Å²) < 4.78 is 6.08. The van der Waals surface area contributed by atoms with E-state index in [0.717, 1.165) is 36.9 Å². The molecular formula is C25H34Cl2N2O. The SMILES string of the molecule is CN1CCCc2ccc(OCCCN3CCC(c4ccc(Cl)cc4)CC3)cc2C1.Cl. The van der Waals surface area contributed by atoms with E-state index in [1.54, 1.807) is 0 Å². The molecule has 0 N–H and O–H groups in total. The van der Waals surface area contributed by atoms with Crippen LogP contribution in [0.25, 0.3) is 0 Å². The highest BCUT2D eigenvalue weighted by atomic mass is 35.5. The first kappa shape index (κ1) is 23.4. The number of benzene rings is 2. The van der Waals surface area contributed by atoms with E-state index in [9.17, 15) is 0 Å². The van der Waals surface area contributed by atoms with Gasteiger partial charge in [-0.05, 0) is 106 Å². The molecule has 2 heterocycles. The number of fused-ring (bicyclic) bond motifs is 1. The minimum absolute atomic E-state index is 0. The molecule has 2 aliphatic heterocycles. The molecular weight excluding hydrogens is 415 g/mol. The molecule has 0 unspecified atom stereocenters. The van der Waals surface area contributed by atoms with Gasteiger partial charge in [-0.3, -0.25) is 0 Å². The van der Waals surface area contributed by atoms with E-state index in [1.807, 2.05) is 12.1 Å². The number of rotatable bonds is 6. The monoisotopic (exact) mass is 448 g/mol. The third kappa shape index (κ3) is 6.37. The molecule has 3 nitrogen and oxygen atoms in total. The van der Waals surface area contributed by atoms with Crippen molar-refractivity contribution in [2.75, 3.05) is 39.8 Å². The molecule has 2 aromatic carbocycles. The first-order chi connectivity index (χ1) is 14.2. The third-order valence-electron chi connectivity index (χ3n) is 6.42. The van der Waals surface area contributed by atoms with Crippen LogP contribution in [0, 0.1) is 0 Å². The lowest BCUT2D eigenvalue weighted by molar-refractivity contribution is 0.193. The second kappa shape index (κ2) is 11.4. The molecule has 0 aromatic heterocycles. The number of likely N-dealkylation sites (tertiary alicyclic amines) is 1. The van der Waals surface area contributed by atoms with Crippen LogP contribution in [0.1, 0.15) is 48.3 Å². The molecule has 4 rings (SSSR count). The van der Waals surface area contributed by atoms with Gasteiger partial charge >= 0.3 is 0 Å². The van der Waals surface area contributed by atoms with E-state index >= 15 is 0 Å². The van der Waals surface area contributed by atoms with E-state index in [4.69, 9.17) is 16.3 Å². The second-order valence-corrected chi connectivity index (χ2v) is 9.08. The maximum absolute atomic E-state index is 6.08. The van der Waals surface area contributed by atoms with Crippen molar-refractivity contribution in [1.29, 1.82) is 0 Å². The Morgan fingerprint density at radius 3 is 2.53 bits per heavy atom. The summed E-state index contributed by atoms with van der Waals surface area (Å²) in [5.74, 6) is 1.71. The molecule has 30 heavy (non-hydrogen) atoms. The maximum atomic E-state index is 6.08. The minimum atomic E-state index is 0. The van der Waals surface area contributed by atoms with Gasteiger partial charge in [-0.25, -0.2) is 0 Å². The second-order valence-electron chi connectivity index (χ2n) is 8.64. The van der Waals surface area contributed by atoms with Gasteiger partial charge < -0.3 is 14.5 Å². The van der Waals surface area contributed by atoms with Crippen LogP contribution >= 0.6 is 24.0 Å². The highest BCUT2D eigenvalue weighted by Gasteiger charge is 2.20. The van der Waals surface area contributed by atoms with Crippen LogP contribution in [0.15, 0.2) is 42.5 Å². The summed E-state index contributed by atoms with van der Waals surface area (Å²) >= 11 is 6.02. The normalized spacial score (nSPS) is 18.3. The summed E-state index contributed by atoms with van der Waals surface area (Å²) in [6.45, 7) is 6.50. The van der Waals surface area contributed by atoms with Gasteiger partial charge in [0.1, 0.15) is 5.75 Å². The number of piperidine rings is 1. The van der Waals surface area contributed by atoms with Crippen molar-refractivity contribution in [3.63, 3.8) is 0 Å². The zero-order chi connectivity index (χ0) is 20.1. The number of halogens is 2. The number of hydrogen-bond donors (Lipinski definition) is 0. The predicted molar refractivity (Wildman–Crippen MR) is 128 cm³/mol. The van der Waals surface area contributed by atoms with Crippen molar-refractivity contribution in [3.05, 3.63) is 64.2 Å². The summed E-state index contributed by atoms with van der Waals surface area (Å²) in [5.41, 5.74) is 4.36. The molecule has 0 bridgehead atoms. The molecule has 0 atom stereocenters. The largest absolute Gasteiger partial charge is 0.494 e. The Labute approximate surface area is 192 Å². The Morgan fingerprint density at radius 1 is 1.00 bits per heavy atom. The van der Waals surface area contributed by atoms with Crippen LogP contribution in [0.5, 0.6) is 5.75 Å². The van der Waals surface area contributed by atoms with E-state index in [1.165, 1.54) is 62.0 Å². The molecule has 0 spiro atoms. The van der Waals surface area contributed by atoms with Gasteiger partial charge in [-0.1, -0.05) is 29.8 Å². The average Bonchev–Trinajstić information content (AvgIpc) is 2.92. The van der Waals surface area contributed by atoms with Gasteiger partial charge in [0.05, 0.1) is 6.61 Å². The first-order valence-electron chi connectivity index (χ1n) is 11.1. The number of hydrogen-bond acceptors (Lipinski definition) is 3. The van der Waals surface area contributed by atoms with E-state index in [2.05, 4.69) is 47.2 Å². The van der Waals surface area contributed by atoms with Crippen molar-refractivity contribution in [2.24, 2.45) is 0 Å². The van der Waals surface area contributed by atoms with E-state index in [-0.39, 0.29) is 12.4 Å². The summed E-state index contributed by atoms with van der Waals surface area (Å²) in [5, 5.41) is 0.827. The first-order valence-corrected chi connectivity index (χ1v) is 11.5.